The zero-order valence-corrected chi connectivity index (χ0v) is 25.5. The normalized spacial score (nSPS) is 23.7. The molecule has 2 N–H and O–H groups in total. The van der Waals surface area contributed by atoms with Crippen molar-refractivity contribution >= 4 is 23.3 Å². The first-order chi connectivity index (χ1) is 20.5. The molecule has 0 radical (unpaired) electrons. The van der Waals surface area contributed by atoms with Gasteiger partial charge in [-0.15, -0.1) is 0 Å². The summed E-state index contributed by atoms with van der Waals surface area (Å²) in [5.41, 5.74) is 2.61. The Morgan fingerprint density at radius 2 is 1.88 bits per heavy atom. The molecule has 228 valence electrons. The average Bonchev–Trinajstić information content (AvgIpc) is 3.27. The smallest absolute Gasteiger partial charge is 0.329 e. The number of fused-ring (bicyclic) bond motifs is 3. The molecule has 1 saturated carbocycles. The number of pyridine rings is 1. The van der Waals surface area contributed by atoms with Gasteiger partial charge in [-0.05, 0) is 104 Å². The number of alkyl halides is 2. The molecule has 1 aromatic heterocycles. The molecule has 8 heteroatoms. The lowest BCUT2D eigenvalue weighted by Crippen LogP contribution is -2.53. The summed E-state index contributed by atoms with van der Waals surface area (Å²) in [6, 6.07) is 17.5. The van der Waals surface area contributed by atoms with Crippen LogP contribution in [0.15, 0.2) is 60.8 Å². The number of aliphatic carboxylic acids is 1. The van der Waals surface area contributed by atoms with E-state index in [0.717, 1.165) is 25.7 Å². The summed E-state index contributed by atoms with van der Waals surface area (Å²) < 4.78 is 35.5. The maximum absolute atomic E-state index is 14.6. The number of nitrogens with one attached hydrogen (secondary N) is 1. The Labute approximate surface area is 257 Å². The van der Waals surface area contributed by atoms with Crippen LogP contribution in [0.25, 0.3) is 0 Å². The summed E-state index contributed by atoms with van der Waals surface area (Å²) >= 11 is 6.19. The maximum Gasteiger partial charge on any atom is 0.329 e. The molecule has 3 aliphatic rings. The highest BCUT2D eigenvalue weighted by Gasteiger charge is 2.54. The van der Waals surface area contributed by atoms with Crippen LogP contribution >= 0.6 is 11.6 Å². The molecule has 0 bridgehead atoms. The third-order valence-electron chi connectivity index (χ3n) is 10.3. The summed E-state index contributed by atoms with van der Waals surface area (Å²) in [5, 5.41) is 14.3. The van der Waals surface area contributed by atoms with Gasteiger partial charge in [0.15, 0.2) is 0 Å². The van der Waals surface area contributed by atoms with Gasteiger partial charge in [-0.1, -0.05) is 55.8 Å². The topological polar surface area (TPSA) is 71.5 Å². The predicted octanol–water partition coefficient (Wildman–Crippen LogP) is 8.75. The molecule has 0 amide bonds. The molecule has 0 unspecified atom stereocenters. The number of carboxylic acids is 1. The Morgan fingerprint density at radius 3 is 2.63 bits per heavy atom. The minimum Gasteiger partial charge on any atom is -0.493 e. The molecule has 0 aliphatic heterocycles. The Bertz CT molecular complexity index is 1500. The molecule has 0 saturated heterocycles. The van der Waals surface area contributed by atoms with Crippen LogP contribution in [0.3, 0.4) is 0 Å². The van der Waals surface area contributed by atoms with Gasteiger partial charge in [-0.2, -0.15) is 8.78 Å². The number of hydrogen-bond acceptors (Lipinski definition) is 4. The molecule has 3 aromatic rings. The average molecular weight is 609 g/mol. The van der Waals surface area contributed by atoms with Gasteiger partial charge in [0.25, 0.3) is 5.92 Å². The number of aromatic nitrogens is 1. The van der Waals surface area contributed by atoms with E-state index in [-0.39, 0.29) is 29.4 Å². The van der Waals surface area contributed by atoms with E-state index in [9.17, 15) is 18.7 Å². The fourth-order valence-electron chi connectivity index (χ4n) is 8.00. The van der Waals surface area contributed by atoms with Crippen LogP contribution in [0.5, 0.6) is 5.75 Å². The van der Waals surface area contributed by atoms with Crippen molar-refractivity contribution in [2.45, 2.75) is 88.0 Å². The Hall–Kier alpha value is -3.19. The number of rotatable bonds is 8. The van der Waals surface area contributed by atoms with Crippen LogP contribution in [0.4, 0.5) is 14.5 Å². The zero-order valence-electron chi connectivity index (χ0n) is 24.7. The van der Waals surface area contributed by atoms with Crippen LogP contribution in [0.2, 0.25) is 5.02 Å². The van der Waals surface area contributed by atoms with Gasteiger partial charge in [-0.25, -0.2) is 4.79 Å². The highest BCUT2D eigenvalue weighted by molar-refractivity contribution is 6.30. The molecule has 3 atom stereocenters. The fourth-order valence-corrected chi connectivity index (χ4v) is 8.19. The van der Waals surface area contributed by atoms with Crippen molar-refractivity contribution < 1.29 is 23.4 Å². The second-order valence-corrected chi connectivity index (χ2v) is 13.5. The lowest BCUT2D eigenvalue weighted by Gasteiger charge is -2.47. The molecule has 2 aromatic carbocycles. The second kappa shape index (κ2) is 11.4. The van der Waals surface area contributed by atoms with Crippen molar-refractivity contribution in [3.63, 3.8) is 0 Å². The van der Waals surface area contributed by atoms with Crippen LogP contribution in [-0.4, -0.2) is 28.2 Å². The third-order valence-corrected chi connectivity index (χ3v) is 10.5. The van der Waals surface area contributed by atoms with E-state index in [1.807, 2.05) is 19.1 Å². The lowest BCUT2D eigenvalue weighted by molar-refractivity contribution is -0.144. The Kier molecular flexibility index (Phi) is 7.91. The number of carboxylic acid groups (broad SMARTS) is 1. The van der Waals surface area contributed by atoms with Gasteiger partial charge in [0.2, 0.25) is 0 Å². The number of nitrogens with zero attached hydrogens (tertiary/aromatic N) is 1. The first kappa shape index (κ1) is 29.9. The van der Waals surface area contributed by atoms with Crippen LogP contribution < -0.4 is 10.1 Å². The van der Waals surface area contributed by atoms with Crippen molar-refractivity contribution in [2.75, 3.05) is 11.9 Å². The maximum atomic E-state index is 14.6. The summed E-state index contributed by atoms with van der Waals surface area (Å²) in [6.07, 6.45) is 6.01. The van der Waals surface area contributed by atoms with E-state index in [1.54, 1.807) is 18.2 Å². The fraction of sp³-hybridized carbons (Fsp3) is 0.486. The van der Waals surface area contributed by atoms with Gasteiger partial charge in [0, 0.05) is 28.9 Å². The Morgan fingerprint density at radius 1 is 1.12 bits per heavy atom. The molecule has 1 fully saturated rings. The summed E-state index contributed by atoms with van der Waals surface area (Å²) in [4.78, 5) is 16.7. The zero-order chi connectivity index (χ0) is 30.4. The number of carbonyl (C=O) groups is 1. The van der Waals surface area contributed by atoms with Crippen molar-refractivity contribution in [1.82, 2.24) is 4.98 Å². The number of anilines is 1. The summed E-state index contributed by atoms with van der Waals surface area (Å²) in [6.45, 7) is 4.55. The van der Waals surface area contributed by atoms with E-state index < -0.39 is 17.4 Å². The van der Waals surface area contributed by atoms with Crippen LogP contribution in [-0.2, 0) is 22.6 Å². The standard InChI is InChI=1S/C35H39ClF2N2O3/c1-22(21-43-29-11-17-39-31-30(29)23(2)10-12-35(31,37)38)18-25-19-24-6-3-4-9-28(24)33(25)13-15-34(16-14-33,32(41)42)40-27-8-5-7-26(36)20-27/h3-9,11,17,20,22-23,25,40H,10,12-16,18-19,21H2,1-2H3,(H,41,42)/t22-,23-,25+,33?,34?/m1/s1. The van der Waals surface area contributed by atoms with Crippen molar-refractivity contribution in [3.05, 3.63) is 88.2 Å². The minimum atomic E-state index is -2.93. The van der Waals surface area contributed by atoms with Crippen molar-refractivity contribution in [3.8, 4) is 5.75 Å². The summed E-state index contributed by atoms with van der Waals surface area (Å²) in [7, 11) is 0. The quantitative estimate of drug-likeness (QED) is 0.267. The van der Waals surface area contributed by atoms with E-state index in [4.69, 9.17) is 16.3 Å². The van der Waals surface area contributed by atoms with Gasteiger partial charge in [0.1, 0.15) is 17.0 Å². The van der Waals surface area contributed by atoms with Gasteiger partial charge in [0.05, 0.1) is 6.61 Å². The molecule has 3 aliphatic carbocycles. The number of benzene rings is 2. The SMILES string of the molecule is C[C@@H](COc1ccnc2c1[C@H](C)CCC2(F)F)C[C@H]1Cc2ccccc2C12CCC(Nc1cccc(Cl)c1)(C(=O)O)CC2. The number of ether oxygens (including phenoxy) is 1. The monoisotopic (exact) mass is 608 g/mol. The number of hydrogen-bond donors (Lipinski definition) is 2. The minimum absolute atomic E-state index is 0.0292. The number of halogens is 3. The largest absolute Gasteiger partial charge is 0.493 e. The third kappa shape index (κ3) is 5.50. The van der Waals surface area contributed by atoms with Gasteiger partial charge >= 0.3 is 5.97 Å². The van der Waals surface area contributed by atoms with E-state index >= 15 is 0 Å². The lowest BCUT2D eigenvalue weighted by atomic mass is 9.59. The highest BCUT2D eigenvalue weighted by Crippen LogP contribution is 2.56. The first-order valence-corrected chi connectivity index (χ1v) is 15.8. The van der Waals surface area contributed by atoms with E-state index in [0.29, 0.717) is 53.8 Å². The van der Waals surface area contributed by atoms with Crippen LogP contribution in [0.1, 0.15) is 87.1 Å². The van der Waals surface area contributed by atoms with Crippen molar-refractivity contribution in [2.24, 2.45) is 11.8 Å². The highest BCUT2D eigenvalue weighted by atomic mass is 35.5. The molecular formula is C35H39ClF2N2O3. The molecule has 6 rings (SSSR count). The van der Waals surface area contributed by atoms with Crippen LogP contribution in [0, 0.1) is 11.8 Å². The molecule has 1 heterocycles. The summed E-state index contributed by atoms with van der Waals surface area (Å²) in [5.74, 6) is -2.77. The molecular weight excluding hydrogens is 570 g/mol. The second-order valence-electron chi connectivity index (χ2n) is 13.1. The predicted molar refractivity (Wildman–Crippen MR) is 164 cm³/mol. The van der Waals surface area contributed by atoms with Gasteiger partial charge < -0.3 is 15.2 Å². The molecule has 5 nitrogen and oxygen atoms in total. The molecule has 43 heavy (non-hydrogen) atoms. The van der Waals surface area contributed by atoms with E-state index in [1.165, 1.54) is 17.3 Å². The van der Waals surface area contributed by atoms with Gasteiger partial charge in [-0.3, -0.25) is 4.98 Å². The molecule has 1 spiro atoms. The Balaban J connectivity index is 1.20. The van der Waals surface area contributed by atoms with Crippen molar-refractivity contribution in [1.29, 1.82) is 0 Å². The van der Waals surface area contributed by atoms with E-state index in [2.05, 4.69) is 41.5 Å². The first-order valence-electron chi connectivity index (χ1n) is 15.4.